The van der Waals surface area contributed by atoms with Crippen LogP contribution in [0.4, 0.5) is 0 Å². The molecule has 0 bridgehead atoms. The van der Waals surface area contributed by atoms with Crippen LogP contribution in [0, 0.1) is 0 Å². The lowest BCUT2D eigenvalue weighted by Gasteiger charge is -2.37. The molecule has 1 aromatic rings. The van der Waals surface area contributed by atoms with Crippen molar-refractivity contribution in [3.8, 4) is 0 Å². The fourth-order valence-electron chi connectivity index (χ4n) is 2.70. The summed E-state index contributed by atoms with van der Waals surface area (Å²) in [6.45, 7) is 6.08. The lowest BCUT2D eigenvalue weighted by molar-refractivity contribution is -0.0633. The van der Waals surface area contributed by atoms with Crippen LogP contribution in [-0.2, 0) is 4.74 Å². The Morgan fingerprint density at radius 2 is 2.26 bits per heavy atom. The highest BCUT2D eigenvalue weighted by atomic mass is 16.5. The average Bonchev–Trinajstić information content (AvgIpc) is 2.81. The van der Waals surface area contributed by atoms with Crippen molar-refractivity contribution in [3.63, 3.8) is 0 Å². The summed E-state index contributed by atoms with van der Waals surface area (Å²) in [4.78, 5) is 2.19. The van der Waals surface area contributed by atoms with Crippen LogP contribution in [-0.4, -0.2) is 43.8 Å². The van der Waals surface area contributed by atoms with E-state index in [1.807, 2.05) is 12.1 Å². The highest BCUT2D eigenvalue weighted by Gasteiger charge is 2.29. The number of nitrogens with one attached hydrogen (secondary N) is 1. The molecule has 2 unspecified atom stereocenters. The van der Waals surface area contributed by atoms with Crippen molar-refractivity contribution >= 4 is 0 Å². The molecule has 0 aromatic carbocycles. The number of rotatable bonds is 5. The molecule has 1 aromatic heterocycles. The van der Waals surface area contributed by atoms with Gasteiger partial charge in [0.25, 0.3) is 0 Å². The number of nitrogens with zero attached hydrogens (tertiary/aromatic N) is 1. The van der Waals surface area contributed by atoms with Crippen LogP contribution in [0.5, 0.6) is 0 Å². The number of likely N-dealkylation sites (N-methyl/N-ethyl adjacent to an activating group) is 1. The summed E-state index contributed by atoms with van der Waals surface area (Å²) in [5, 5.41) is 3.67. The standard InChI is InChI=1S/C15H26N2O2/c1-15(2)10-12(7-9-19-15)16-11-13(17(3)4)14-6-5-8-18-14/h5-6,8,12-13,16H,7,9-11H2,1-4H3. The number of hydrogen-bond donors (Lipinski definition) is 1. The molecule has 2 heterocycles. The molecule has 1 aliphatic heterocycles. The molecule has 0 spiro atoms. The molecule has 2 rings (SSSR count). The highest BCUT2D eigenvalue weighted by Crippen LogP contribution is 2.25. The van der Waals surface area contributed by atoms with Gasteiger partial charge < -0.3 is 14.5 Å². The molecule has 1 saturated heterocycles. The van der Waals surface area contributed by atoms with Gasteiger partial charge in [-0.2, -0.15) is 0 Å². The summed E-state index contributed by atoms with van der Waals surface area (Å²) in [5.74, 6) is 1.02. The second-order valence-electron chi connectivity index (χ2n) is 6.20. The fraction of sp³-hybridized carbons (Fsp3) is 0.733. The lowest BCUT2D eigenvalue weighted by Crippen LogP contribution is -2.45. The zero-order valence-corrected chi connectivity index (χ0v) is 12.5. The summed E-state index contributed by atoms with van der Waals surface area (Å²) in [6.07, 6.45) is 3.89. The number of ether oxygens (including phenoxy) is 1. The molecule has 0 saturated carbocycles. The van der Waals surface area contributed by atoms with E-state index < -0.39 is 0 Å². The summed E-state index contributed by atoms with van der Waals surface area (Å²) < 4.78 is 11.3. The Balaban J connectivity index is 1.89. The smallest absolute Gasteiger partial charge is 0.122 e. The van der Waals surface area contributed by atoms with E-state index in [-0.39, 0.29) is 11.6 Å². The normalized spacial score (nSPS) is 24.6. The Bertz CT molecular complexity index is 374. The van der Waals surface area contributed by atoms with Gasteiger partial charge in [-0.3, -0.25) is 4.90 Å². The van der Waals surface area contributed by atoms with Gasteiger partial charge in [0.05, 0.1) is 17.9 Å². The molecule has 4 nitrogen and oxygen atoms in total. The van der Waals surface area contributed by atoms with Gasteiger partial charge in [-0.15, -0.1) is 0 Å². The summed E-state index contributed by atoms with van der Waals surface area (Å²) in [7, 11) is 4.17. The third kappa shape index (κ3) is 4.06. The maximum atomic E-state index is 5.75. The first-order chi connectivity index (χ1) is 8.98. The minimum atomic E-state index is -0.00574. The van der Waals surface area contributed by atoms with Crippen LogP contribution in [0.3, 0.4) is 0 Å². The monoisotopic (exact) mass is 266 g/mol. The maximum absolute atomic E-state index is 5.75. The molecular formula is C15H26N2O2. The van der Waals surface area contributed by atoms with E-state index >= 15 is 0 Å². The van der Waals surface area contributed by atoms with Gasteiger partial charge in [-0.25, -0.2) is 0 Å². The molecule has 1 N–H and O–H groups in total. The van der Waals surface area contributed by atoms with Gasteiger partial charge in [0.2, 0.25) is 0 Å². The van der Waals surface area contributed by atoms with Crippen LogP contribution in [0.15, 0.2) is 22.8 Å². The Kier molecular flexibility index (Phi) is 4.66. The Labute approximate surface area is 116 Å². The minimum Gasteiger partial charge on any atom is -0.468 e. The highest BCUT2D eigenvalue weighted by molar-refractivity contribution is 5.05. The van der Waals surface area contributed by atoms with Gasteiger partial charge in [0.15, 0.2) is 0 Å². The maximum Gasteiger partial charge on any atom is 0.122 e. The van der Waals surface area contributed by atoms with E-state index in [1.165, 1.54) is 0 Å². The molecule has 2 atom stereocenters. The lowest BCUT2D eigenvalue weighted by atomic mass is 9.94. The van der Waals surface area contributed by atoms with Gasteiger partial charge in [0.1, 0.15) is 5.76 Å². The fourth-order valence-corrected chi connectivity index (χ4v) is 2.70. The van der Waals surface area contributed by atoms with Crippen molar-refractivity contribution in [2.45, 2.75) is 44.4 Å². The molecular weight excluding hydrogens is 240 g/mol. The van der Waals surface area contributed by atoms with Crippen LogP contribution < -0.4 is 5.32 Å². The molecule has 0 radical (unpaired) electrons. The van der Waals surface area contributed by atoms with Crippen LogP contribution in [0.25, 0.3) is 0 Å². The SMILES string of the molecule is CN(C)C(CNC1CCOC(C)(C)C1)c1ccco1. The Morgan fingerprint density at radius 3 is 2.84 bits per heavy atom. The van der Waals surface area contributed by atoms with Crippen molar-refractivity contribution in [1.29, 1.82) is 0 Å². The minimum absolute atomic E-state index is 0.00574. The summed E-state index contributed by atoms with van der Waals surface area (Å²) >= 11 is 0. The van der Waals surface area contributed by atoms with Gasteiger partial charge in [0, 0.05) is 19.2 Å². The van der Waals surface area contributed by atoms with E-state index in [0.717, 1.165) is 31.8 Å². The van der Waals surface area contributed by atoms with Crippen molar-refractivity contribution in [2.75, 3.05) is 27.2 Å². The van der Waals surface area contributed by atoms with Crippen molar-refractivity contribution in [2.24, 2.45) is 0 Å². The van der Waals surface area contributed by atoms with Gasteiger partial charge >= 0.3 is 0 Å². The Hall–Kier alpha value is -0.840. The predicted molar refractivity (Wildman–Crippen MR) is 76.2 cm³/mol. The van der Waals surface area contributed by atoms with Gasteiger partial charge in [-0.05, 0) is 52.9 Å². The van der Waals surface area contributed by atoms with E-state index in [4.69, 9.17) is 9.15 Å². The molecule has 108 valence electrons. The first-order valence-corrected chi connectivity index (χ1v) is 7.05. The third-order valence-corrected chi connectivity index (χ3v) is 3.79. The molecule has 0 amide bonds. The quantitative estimate of drug-likeness (QED) is 0.888. The summed E-state index contributed by atoms with van der Waals surface area (Å²) in [5.41, 5.74) is -0.00574. The van der Waals surface area contributed by atoms with Crippen molar-refractivity contribution in [1.82, 2.24) is 10.2 Å². The number of furan rings is 1. The predicted octanol–water partition coefficient (Wildman–Crippen LogP) is 2.43. The molecule has 0 aliphatic carbocycles. The molecule has 1 aliphatic rings. The van der Waals surface area contributed by atoms with Crippen molar-refractivity contribution in [3.05, 3.63) is 24.2 Å². The largest absolute Gasteiger partial charge is 0.468 e. The van der Waals surface area contributed by atoms with E-state index in [2.05, 4.69) is 38.2 Å². The van der Waals surface area contributed by atoms with Crippen LogP contribution in [0.1, 0.15) is 38.5 Å². The van der Waals surface area contributed by atoms with Crippen LogP contribution >= 0.6 is 0 Å². The first kappa shape index (κ1) is 14.6. The van der Waals surface area contributed by atoms with E-state index in [1.54, 1.807) is 6.26 Å². The third-order valence-electron chi connectivity index (χ3n) is 3.79. The molecule has 19 heavy (non-hydrogen) atoms. The molecule has 4 heteroatoms. The second-order valence-corrected chi connectivity index (χ2v) is 6.20. The number of hydrogen-bond acceptors (Lipinski definition) is 4. The van der Waals surface area contributed by atoms with Gasteiger partial charge in [-0.1, -0.05) is 0 Å². The second kappa shape index (κ2) is 6.07. The van der Waals surface area contributed by atoms with Crippen molar-refractivity contribution < 1.29 is 9.15 Å². The zero-order chi connectivity index (χ0) is 13.9. The summed E-state index contributed by atoms with van der Waals surface area (Å²) in [6, 6.07) is 4.80. The van der Waals surface area contributed by atoms with E-state index in [9.17, 15) is 0 Å². The van der Waals surface area contributed by atoms with Crippen LogP contribution in [0.2, 0.25) is 0 Å². The topological polar surface area (TPSA) is 37.6 Å². The first-order valence-electron chi connectivity index (χ1n) is 7.05. The Morgan fingerprint density at radius 1 is 1.47 bits per heavy atom. The van der Waals surface area contributed by atoms with E-state index in [0.29, 0.717) is 6.04 Å². The molecule has 1 fully saturated rings. The average molecular weight is 266 g/mol. The zero-order valence-electron chi connectivity index (χ0n) is 12.5.